The summed E-state index contributed by atoms with van der Waals surface area (Å²) in [6.45, 7) is 4.62. The molecule has 1 aromatic heterocycles. The number of nitrogens with zero attached hydrogens (tertiary/aromatic N) is 2. The Morgan fingerprint density at radius 1 is 1.19 bits per heavy atom. The largest absolute Gasteiger partial charge is 0.508 e. The fourth-order valence-corrected chi connectivity index (χ4v) is 5.12. The first-order valence-electron chi connectivity index (χ1n) is 14.4. The Balaban J connectivity index is 0.000000621. The van der Waals surface area contributed by atoms with E-state index in [-0.39, 0.29) is 24.6 Å². The first-order chi connectivity index (χ1) is 19.1. The monoisotopic (exact) mass is 573 g/mol. The number of rotatable bonds is 10. The number of aliphatic hydroxyl groups is 1. The van der Waals surface area contributed by atoms with E-state index in [1.807, 2.05) is 31.2 Å². The number of aliphatic hydroxyl groups excluding tert-OH is 1. The van der Waals surface area contributed by atoms with E-state index in [2.05, 4.69) is 70.6 Å². The van der Waals surface area contributed by atoms with Gasteiger partial charge in [0.1, 0.15) is 23.4 Å². The molecule has 4 rings (SSSR count). The van der Waals surface area contributed by atoms with Crippen LogP contribution in [0, 0.1) is 18.8 Å². The van der Waals surface area contributed by atoms with Crippen molar-refractivity contribution >= 4 is 61.4 Å². The molecule has 12 heteroatoms. The number of fused-ring (bicyclic) bond motifs is 2. The molecule has 6 atom stereocenters. The molecule has 3 unspecified atom stereocenters. The molecule has 1 aliphatic carbocycles. The molecule has 1 aliphatic heterocycles. The zero-order valence-electron chi connectivity index (χ0n) is 25.1. The van der Waals surface area contributed by atoms with Gasteiger partial charge in [0.2, 0.25) is 19.8 Å². The minimum Gasteiger partial charge on any atom is -0.508 e. The summed E-state index contributed by atoms with van der Waals surface area (Å²) < 4.78 is 33.3. The number of nitrogens with one attached hydrogen (secondary N) is 1. The third kappa shape index (κ3) is 9.27. The summed E-state index contributed by atoms with van der Waals surface area (Å²) in [4.78, 5) is 9.38. The lowest BCUT2D eigenvalue weighted by Gasteiger charge is -2.35. The second-order valence-corrected chi connectivity index (χ2v) is 11.4. The summed E-state index contributed by atoms with van der Waals surface area (Å²) in [5.74, 6) is 2.96. The highest BCUT2D eigenvalue weighted by atomic mass is 32.1. The molecule has 0 radical (unpaired) electrons. The second kappa shape index (κ2) is 17.0. The summed E-state index contributed by atoms with van der Waals surface area (Å²) in [7, 11) is 4.38. The maximum atomic E-state index is 6.99. The number of anilines is 1. The number of hydrogen-bond acceptors (Lipinski definition) is 8. The molecule has 36 heavy (non-hydrogen) atoms. The number of hydrogen-bond donors (Lipinski definition) is 5. The highest BCUT2D eigenvalue weighted by molar-refractivity contribution is 8.20. The van der Waals surface area contributed by atoms with Crippen LogP contribution in [0.5, 0.6) is 11.6 Å². The molecule has 0 saturated heterocycles. The van der Waals surface area contributed by atoms with Gasteiger partial charge in [-0.15, -0.1) is 0 Å². The molecule has 0 spiro atoms. The van der Waals surface area contributed by atoms with E-state index in [4.69, 9.17) is 15.3 Å². The van der Waals surface area contributed by atoms with Crippen LogP contribution in [0.1, 0.15) is 56.1 Å². The normalized spacial score (nSPS) is 22.7. The number of aryl methyl sites for hydroxylation is 3. The maximum Gasteiger partial charge on any atom is 0.293 e. The zero-order valence-corrected chi connectivity index (χ0v) is 25.2. The lowest BCUT2D eigenvalue weighted by atomic mass is 9.95. The molecule has 6 nitrogen and oxygen atoms in total. The number of phenolic OH excluding ortho intramolecular Hbond substituents is 1. The van der Waals surface area contributed by atoms with Gasteiger partial charge >= 0.3 is 0 Å². The van der Waals surface area contributed by atoms with Crippen molar-refractivity contribution in [3.63, 3.8) is 0 Å². The third-order valence-corrected chi connectivity index (χ3v) is 6.51. The third-order valence-electron chi connectivity index (χ3n) is 6.51. The van der Waals surface area contributed by atoms with Gasteiger partial charge in [0, 0.05) is 6.61 Å². The topological polar surface area (TPSA) is 87.5 Å². The van der Waals surface area contributed by atoms with E-state index in [9.17, 15) is 0 Å². The number of ether oxygens (including phenoxy) is 1. The minimum absolute atomic E-state index is 0.129. The molecule has 1 saturated carbocycles. The highest BCUT2D eigenvalue weighted by Gasteiger charge is 2.47. The van der Waals surface area contributed by atoms with E-state index >= 15 is 0 Å². The average molecular weight is 573 g/mol. The number of benzene rings is 1. The molecule has 198 valence electrons. The van der Waals surface area contributed by atoms with Crippen molar-refractivity contribution in [2.45, 2.75) is 70.9 Å². The van der Waals surface area contributed by atoms with E-state index in [0.29, 0.717) is 30.1 Å². The van der Waals surface area contributed by atoms with Crippen LogP contribution in [0.3, 0.4) is 0 Å². The van der Waals surface area contributed by atoms with Crippen LogP contribution in [0.4, 0.5) is 5.69 Å². The number of phenols is 1. The van der Waals surface area contributed by atoms with Crippen LogP contribution >= 0.6 is 43.2 Å². The lowest BCUT2D eigenvalue weighted by molar-refractivity contribution is 0.125. The molecule has 3 N–H and O–H groups in total. The Labute approximate surface area is 239 Å². The van der Waals surface area contributed by atoms with Crippen molar-refractivity contribution in [2.75, 3.05) is 11.9 Å². The van der Waals surface area contributed by atoms with Crippen molar-refractivity contribution < 1.29 is 15.0 Å². The molecular formula is C24H41B2N3O3P2S2. The van der Waals surface area contributed by atoms with E-state index < -0.39 is 0 Å². The lowest BCUT2D eigenvalue weighted by Crippen LogP contribution is -2.44. The molecule has 2 aliphatic rings. The van der Waals surface area contributed by atoms with Crippen molar-refractivity contribution in [2.24, 2.45) is 11.8 Å². The molecule has 2 aromatic rings. The maximum absolute atomic E-state index is 6.99. The Bertz CT molecular complexity index is 1010. The van der Waals surface area contributed by atoms with Crippen LogP contribution in [0.2, 0.25) is 0 Å². The van der Waals surface area contributed by atoms with Gasteiger partial charge in [0.05, 0.1) is 11.7 Å². The molecular weight excluding hydrogens is 526 g/mol. The average Bonchev–Trinajstić information content (AvgIpc) is 3.22. The van der Waals surface area contributed by atoms with Crippen molar-refractivity contribution in [1.82, 2.24) is 9.97 Å². The Kier molecular flexibility index (Phi) is 12.1. The predicted molar refractivity (Wildman–Crippen MR) is 169 cm³/mol. The highest BCUT2D eigenvalue weighted by Crippen LogP contribution is 2.45. The number of aromatic hydroxyl groups is 1. The second-order valence-electron chi connectivity index (χ2n) is 8.98. The van der Waals surface area contributed by atoms with Crippen LogP contribution in [-0.2, 0) is 12.8 Å². The summed E-state index contributed by atoms with van der Waals surface area (Å²) in [6.07, 6.45) is 6.47. The van der Waals surface area contributed by atoms with Gasteiger partial charge in [0.25, 0.3) is 1.43 Å². The number of thiol groups is 2. The summed E-state index contributed by atoms with van der Waals surface area (Å²) in [5.41, 5.74) is 3.09. The number of aromatic nitrogens is 2. The fourth-order valence-electron chi connectivity index (χ4n) is 5.12. The summed E-state index contributed by atoms with van der Waals surface area (Å²) in [6, 6.07) is 7.84. The summed E-state index contributed by atoms with van der Waals surface area (Å²) in [5, 5.41) is 12.9. The van der Waals surface area contributed by atoms with Gasteiger partial charge < -0.3 is 20.3 Å². The molecule has 2 heterocycles. The van der Waals surface area contributed by atoms with Crippen molar-refractivity contribution in [3.8, 4) is 11.6 Å². The zero-order chi connectivity index (χ0) is 29.7. The molecule has 1 aromatic carbocycles. The van der Waals surface area contributed by atoms with Gasteiger partial charge in [-0.3, -0.25) is 0 Å². The first-order valence-corrected chi connectivity index (χ1v) is 14.8. The standard InChI is InChI=1S/C24H33N3O3.2BH4PS/c1-3-5-18-14-17(6-4-13-28)21-23(18)30-24-22(27-21)20(25-15(2)26-24)12-9-16-7-10-19(29)11-8-16;2*2-1-3/h7-8,10-11,17-18,21,23,27-29H,3-6,9,12-14H2,1-2H3;2*1,3H,2H2/t17-,18-,21?,23+;;/m0../s1/i28T;2*1D/hT. The fraction of sp³-hybridized carbons (Fsp3) is 0.583. The quantitative estimate of drug-likeness (QED) is 0.127. The van der Waals surface area contributed by atoms with Crippen LogP contribution < -0.4 is 10.1 Å². The van der Waals surface area contributed by atoms with Gasteiger partial charge in [-0.05, 0) is 77.7 Å². The van der Waals surface area contributed by atoms with E-state index in [0.717, 1.165) is 62.2 Å². The van der Waals surface area contributed by atoms with Crippen LogP contribution in [0.15, 0.2) is 24.3 Å². The molecule has 1 fully saturated rings. The van der Waals surface area contributed by atoms with Crippen LogP contribution in [-0.4, -0.2) is 57.0 Å². The van der Waals surface area contributed by atoms with E-state index in [1.54, 1.807) is 0 Å². The smallest absolute Gasteiger partial charge is 0.293 e. The van der Waals surface area contributed by atoms with Gasteiger partial charge in [-0.1, -0.05) is 25.5 Å². The first kappa shape index (κ1) is 25.6. The van der Waals surface area contributed by atoms with Crippen molar-refractivity contribution in [3.05, 3.63) is 41.3 Å². The van der Waals surface area contributed by atoms with Gasteiger partial charge in [-0.25, -0.2) is 29.9 Å². The Morgan fingerprint density at radius 2 is 1.92 bits per heavy atom. The minimum atomic E-state index is -0.306. The molecule has 0 amide bonds. The molecule has 0 bridgehead atoms. The Hall–Kier alpha value is -0.650. The van der Waals surface area contributed by atoms with Gasteiger partial charge in [0.15, 0.2) is 0 Å². The predicted octanol–water partition coefficient (Wildman–Crippen LogP) is 4.14. The van der Waals surface area contributed by atoms with Crippen LogP contribution in [0.25, 0.3) is 0 Å². The van der Waals surface area contributed by atoms with E-state index in [1.165, 1.54) is 5.56 Å². The summed E-state index contributed by atoms with van der Waals surface area (Å²) >= 11 is 7.19. The Morgan fingerprint density at radius 3 is 2.56 bits per heavy atom. The van der Waals surface area contributed by atoms with Gasteiger partial charge in [-0.2, -0.15) is 23.2 Å². The van der Waals surface area contributed by atoms with Crippen molar-refractivity contribution in [1.29, 1.82) is 5.53 Å². The SMILES string of the molecule is [2H]B(P)S.[2H]B(P)S.[3H]OCCC[C@H]1C[C@H](CCC)[C@H]2Oc3nc(C)nc(CCc4ccc(O[3H])cc4)c3NC12.